The van der Waals surface area contributed by atoms with Gasteiger partial charge in [-0.3, -0.25) is 0 Å². The van der Waals surface area contributed by atoms with Crippen LogP contribution in [0.15, 0.2) is 24.3 Å². The lowest BCUT2D eigenvalue weighted by Crippen LogP contribution is -2.41. The molecule has 0 amide bonds. The van der Waals surface area contributed by atoms with Gasteiger partial charge in [0.25, 0.3) is 0 Å². The number of hydrogen-bond donors (Lipinski definition) is 3. The molecule has 8 nitrogen and oxygen atoms in total. The summed E-state index contributed by atoms with van der Waals surface area (Å²) in [7, 11) is 1.52. The second-order valence-electron chi connectivity index (χ2n) is 10.0. The fraction of sp³-hybridized carbons (Fsp3) is 0.481. The smallest absolute Gasteiger partial charge is 0.303 e. The van der Waals surface area contributed by atoms with Gasteiger partial charge in [0, 0.05) is 22.7 Å². The number of rotatable bonds is 11. The van der Waals surface area contributed by atoms with Crippen LogP contribution in [0.2, 0.25) is 0 Å². The van der Waals surface area contributed by atoms with Gasteiger partial charge in [0.05, 0.1) is 36.9 Å². The van der Waals surface area contributed by atoms with E-state index >= 15 is 4.39 Å². The number of methoxy groups -OCH3 is 1. The molecule has 0 radical (unpaired) electrons. The van der Waals surface area contributed by atoms with Crippen LogP contribution in [0.3, 0.4) is 0 Å². The monoisotopic (exact) mass is 534 g/mol. The lowest BCUT2D eigenvalue weighted by atomic mass is 9.90. The Labute approximate surface area is 219 Å². The molecular weight excluding hydrogens is 501 g/mol. The summed E-state index contributed by atoms with van der Waals surface area (Å²) in [4.78, 5) is 8.94. The van der Waals surface area contributed by atoms with Crippen LogP contribution in [0.1, 0.15) is 56.6 Å². The van der Waals surface area contributed by atoms with Crippen LogP contribution < -0.4 is 20.5 Å². The molecule has 2 aromatic carbocycles. The van der Waals surface area contributed by atoms with E-state index in [1.807, 2.05) is 0 Å². The van der Waals surface area contributed by atoms with Crippen LogP contribution >= 0.6 is 0 Å². The van der Waals surface area contributed by atoms with Crippen LogP contribution in [0, 0.1) is 12.7 Å². The number of anilines is 2. The quantitative estimate of drug-likeness (QED) is 0.226. The average molecular weight is 535 g/mol. The van der Waals surface area contributed by atoms with Gasteiger partial charge in [-0.25, -0.2) is 14.4 Å². The number of nitrogens with zero attached hydrogens (tertiary/aromatic N) is 2. The van der Waals surface area contributed by atoms with E-state index in [9.17, 15) is 13.9 Å². The van der Waals surface area contributed by atoms with Crippen molar-refractivity contribution < 1.29 is 32.5 Å². The molecule has 206 valence electrons. The van der Waals surface area contributed by atoms with E-state index in [0.29, 0.717) is 53.4 Å². The zero-order valence-electron chi connectivity index (χ0n) is 22.1. The first-order chi connectivity index (χ1) is 17.8. The topological polar surface area (TPSA) is 112 Å². The second-order valence-corrected chi connectivity index (χ2v) is 10.0. The number of aryl methyl sites for hydroxylation is 1. The molecule has 0 unspecified atom stereocenters. The summed E-state index contributed by atoms with van der Waals surface area (Å²) in [6.07, 6.45) is 2.43. The number of nitrogens with one attached hydrogen (secondary N) is 1. The molecular formula is C27H33F3N4O4. The minimum Gasteiger partial charge on any atom is -0.493 e. The van der Waals surface area contributed by atoms with Gasteiger partial charge in [0.2, 0.25) is 0 Å². The first-order valence-corrected chi connectivity index (χ1v) is 12.4. The van der Waals surface area contributed by atoms with Gasteiger partial charge in [0.15, 0.2) is 11.5 Å². The number of ether oxygens (including phenoxy) is 3. The minimum absolute atomic E-state index is 0.0634. The van der Waals surface area contributed by atoms with Gasteiger partial charge in [-0.1, -0.05) is 0 Å². The molecule has 0 spiro atoms. The molecule has 1 heterocycles. The molecule has 4 rings (SSSR count). The Bertz CT molecular complexity index is 1330. The summed E-state index contributed by atoms with van der Waals surface area (Å²) >= 11 is 0. The van der Waals surface area contributed by atoms with Gasteiger partial charge >= 0.3 is 5.92 Å². The predicted octanol–water partition coefficient (Wildman–Crippen LogP) is 5.26. The van der Waals surface area contributed by atoms with Crippen molar-refractivity contribution in [3.05, 3.63) is 47.0 Å². The summed E-state index contributed by atoms with van der Waals surface area (Å²) in [6.45, 7) is 5.88. The number of fused-ring (bicyclic) bond motifs is 1. The number of aliphatic hydroxyl groups is 1. The maximum Gasteiger partial charge on any atom is 0.303 e. The summed E-state index contributed by atoms with van der Waals surface area (Å²) in [6, 6.07) is 4.72. The summed E-state index contributed by atoms with van der Waals surface area (Å²) < 4.78 is 62.3. The fourth-order valence-electron chi connectivity index (χ4n) is 4.06. The van der Waals surface area contributed by atoms with Crippen LogP contribution in [0.4, 0.5) is 24.7 Å². The molecule has 1 aromatic heterocycles. The largest absolute Gasteiger partial charge is 0.493 e. The Hall–Kier alpha value is -3.31. The van der Waals surface area contributed by atoms with E-state index in [2.05, 4.69) is 15.3 Å². The molecule has 11 heteroatoms. The molecule has 1 fully saturated rings. The number of nitrogens with two attached hydrogens (primary N) is 1. The van der Waals surface area contributed by atoms with Gasteiger partial charge in [-0.15, -0.1) is 0 Å². The normalized spacial score (nSPS) is 15.0. The minimum atomic E-state index is -3.88. The molecule has 0 bridgehead atoms. The molecule has 1 aliphatic rings. The van der Waals surface area contributed by atoms with Crippen LogP contribution in [0.25, 0.3) is 10.9 Å². The van der Waals surface area contributed by atoms with Crippen molar-refractivity contribution in [3.63, 3.8) is 0 Å². The van der Waals surface area contributed by atoms with E-state index < -0.39 is 28.9 Å². The Morgan fingerprint density at radius 2 is 1.84 bits per heavy atom. The molecule has 38 heavy (non-hydrogen) atoms. The zero-order valence-corrected chi connectivity index (χ0v) is 22.1. The lowest BCUT2D eigenvalue weighted by Gasteiger charge is -2.30. The van der Waals surface area contributed by atoms with Crippen molar-refractivity contribution >= 4 is 22.4 Å². The van der Waals surface area contributed by atoms with Crippen LogP contribution in [0.5, 0.6) is 11.5 Å². The van der Waals surface area contributed by atoms with Crippen molar-refractivity contribution in [1.29, 1.82) is 0 Å². The van der Waals surface area contributed by atoms with Crippen LogP contribution in [-0.4, -0.2) is 47.1 Å². The van der Waals surface area contributed by atoms with E-state index in [0.717, 1.165) is 32.8 Å². The SMILES string of the molecule is COc1cc2nc(C)nc(N[C@H](C)c3cc(N)cc(C(F)(F)C(C)(C)O)c3F)c2cc1OCCOC1CC1. The first kappa shape index (κ1) is 27.7. The Morgan fingerprint density at radius 1 is 1.13 bits per heavy atom. The van der Waals surface area contributed by atoms with E-state index in [-0.39, 0.29) is 11.3 Å². The average Bonchev–Trinajstić information content (AvgIpc) is 3.66. The van der Waals surface area contributed by atoms with Gasteiger partial charge in [0.1, 0.15) is 29.7 Å². The molecule has 3 aromatic rings. The van der Waals surface area contributed by atoms with E-state index in [4.69, 9.17) is 19.9 Å². The third-order valence-electron chi connectivity index (χ3n) is 6.36. The highest BCUT2D eigenvalue weighted by molar-refractivity contribution is 5.92. The Kier molecular flexibility index (Phi) is 7.62. The number of benzene rings is 2. The lowest BCUT2D eigenvalue weighted by molar-refractivity contribution is -0.170. The number of halogens is 3. The Morgan fingerprint density at radius 3 is 2.47 bits per heavy atom. The number of nitrogen functional groups attached to an aromatic ring is 1. The van der Waals surface area contributed by atoms with Gasteiger partial charge in [-0.2, -0.15) is 8.78 Å². The van der Waals surface area contributed by atoms with Crippen molar-refractivity contribution in [2.75, 3.05) is 31.4 Å². The highest BCUT2D eigenvalue weighted by Gasteiger charge is 2.49. The van der Waals surface area contributed by atoms with Gasteiger partial charge in [-0.05, 0) is 58.7 Å². The third-order valence-corrected chi connectivity index (χ3v) is 6.36. The summed E-state index contributed by atoms with van der Waals surface area (Å²) in [5.74, 6) is -3.35. The molecule has 1 aliphatic carbocycles. The number of aromatic nitrogens is 2. The van der Waals surface area contributed by atoms with Crippen LogP contribution in [-0.2, 0) is 10.7 Å². The highest BCUT2D eigenvalue weighted by Crippen LogP contribution is 2.43. The molecule has 0 saturated heterocycles. The zero-order chi connectivity index (χ0) is 27.8. The summed E-state index contributed by atoms with van der Waals surface area (Å²) in [5.41, 5.74) is 2.77. The first-order valence-electron chi connectivity index (χ1n) is 12.4. The standard InChI is InChI=1S/C27H33F3N4O4/c1-14(18-10-16(31)11-20(24(18)28)27(29,30)26(3,4)35)32-25-19-12-23(38-9-8-37-17-6-7-17)22(36-5)13-21(19)33-15(2)34-25/h10-14,17,35H,6-9,31H2,1-5H3,(H,32,33,34)/t14-/m1/s1. The molecule has 1 atom stereocenters. The molecule has 1 saturated carbocycles. The van der Waals surface area contributed by atoms with Crippen molar-refractivity contribution in [2.24, 2.45) is 0 Å². The Balaban J connectivity index is 1.68. The number of hydrogen-bond acceptors (Lipinski definition) is 8. The molecule has 0 aliphatic heterocycles. The van der Waals surface area contributed by atoms with Crippen molar-refractivity contribution in [1.82, 2.24) is 9.97 Å². The van der Waals surface area contributed by atoms with E-state index in [1.165, 1.54) is 13.2 Å². The van der Waals surface area contributed by atoms with E-state index in [1.54, 1.807) is 26.0 Å². The fourth-order valence-corrected chi connectivity index (χ4v) is 4.06. The van der Waals surface area contributed by atoms with Gasteiger partial charge < -0.3 is 30.4 Å². The van der Waals surface area contributed by atoms with Crippen molar-refractivity contribution in [3.8, 4) is 11.5 Å². The third kappa shape index (κ3) is 5.73. The second kappa shape index (κ2) is 10.5. The predicted molar refractivity (Wildman–Crippen MR) is 138 cm³/mol. The molecule has 4 N–H and O–H groups in total. The maximum atomic E-state index is 15.5. The number of alkyl halides is 2. The maximum absolute atomic E-state index is 15.5. The highest BCUT2D eigenvalue weighted by atomic mass is 19.3. The van der Waals surface area contributed by atoms with Crippen molar-refractivity contribution in [2.45, 2.75) is 64.2 Å². The summed E-state index contributed by atoms with van der Waals surface area (Å²) in [5, 5.41) is 13.7.